The molecule has 1 amide bonds. The Kier molecular flexibility index (Phi) is 5.65. The molecule has 0 radical (unpaired) electrons. The lowest BCUT2D eigenvalue weighted by Gasteiger charge is -2.09. The van der Waals surface area contributed by atoms with Crippen LogP contribution in [-0.2, 0) is 17.6 Å². The molecular formula is C18H20N4OS2. The minimum Gasteiger partial charge on any atom is -0.300 e. The zero-order valence-corrected chi connectivity index (χ0v) is 16.1. The molecule has 5 nitrogen and oxygen atoms in total. The summed E-state index contributed by atoms with van der Waals surface area (Å²) >= 11 is 2.88. The molecule has 3 aromatic rings. The first-order chi connectivity index (χ1) is 12.1. The number of nitrogens with one attached hydrogen (secondary N) is 1. The minimum atomic E-state index is -0.0861. The van der Waals surface area contributed by atoms with Gasteiger partial charge in [-0.25, -0.2) is 4.98 Å². The van der Waals surface area contributed by atoms with Crippen molar-refractivity contribution in [3.63, 3.8) is 0 Å². The van der Waals surface area contributed by atoms with E-state index in [1.807, 2.05) is 6.92 Å². The van der Waals surface area contributed by atoms with Gasteiger partial charge in [-0.1, -0.05) is 49.1 Å². The van der Waals surface area contributed by atoms with E-state index in [0.717, 1.165) is 33.8 Å². The van der Waals surface area contributed by atoms with Crippen LogP contribution in [0.1, 0.15) is 30.0 Å². The van der Waals surface area contributed by atoms with Crippen LogP contribution in [-0.4, -0.2) is 26.8 Å². The molecule has 1 aromatic carbocycles. The van der Waals surface area contributed by atoms with Crippen molar-refractivity contribution >= 4 is 45.0 Å². The Morgan fingerprint density at radius 3 is 2.76 bits per heavy atom. The van der Waals surface area contributed by atoms with Gasteiger partial charge < -0.3 is 0 Å². The number of rotatable bonds is 6. The SMILES string of the molecule is CCc1nnc(NC(=O)CSc2nc3cc(C)ccc3cc2CC)s1. The molecule has 25 heavy (non-hydrogen) atoms. The molecule has 0 aliphatic carbocycles. The average Bonchev–Trinajstić information content (AvgIpc) is 3.06. The number of anilines is 1. The van der Waals surface area contributed by atoms with Crippen molar-refractivity contribution in [2.24, 2.45) is 0 Å². The summed E-state index contributed by atoms with van der Waals surface area (Å²) < 4.78 is 0. The number of fused-ring (bicyclic) bond motifs is 1. The molecule has 0 aliphatic heterocycles. The van der Waals surface area contributed by atoms with Gasteiger partial charge in [0.2, 0.25) is 11.0 Å². The molecule has 7 heteroatoms. The van der Waals surface area contributed by atoms with E-state index >= 15 is 0 Å². The minimum absolute atomic E-state index is 0.0861. The van der Waals surface area contributed by atoms with Gasteiger partial charge in [-0.15, -0.1) is 10.2 Å². The molecule has 0 saturated carbocycles. The molecule has 0 spiro atoms. The number of aryl methyl sites for hydroxylation is 3. The summed E-state index contributed by atoms with van der Waals surface area (Å²) in [7, 11) is 0. The average molecular weight is 373 g/mol. The van der Waals surface area contributed by atoms with Crippen molar-refractivity contribution in [3.05, 3.63) is 40.4 Å². The Labute approximate surface area is 155 Å². The quantitative estimate of drug-likeness (QED) is 0.655. The van der Waals surface area contributed by atoms with Crippen molar-refractivity contribution in [1.29, 1.82) is 0 Å². The number of benzene rings is 1. The van der Waals surface area contributed by atoms with E-state index in [0.29, 0.717) is 10.9 Å². The third-order valence-corrected chi connectivity index (χ3v) is 5.77. The highest BCUT2D eigenvalue weighted by molar-refractivity contribution is 8.00. The largest absolute Gasteiger partial charge is 0.300 e. The number of carbonyl (C=O) groups excluding carboxylic acids is 1. The molecule has 3 rings (SSSR count). The van der Waals surface area contributed by atoms with Gasteiger partial charge in [0.25, 0.3) is 0 Å². The summed E-state index contributed by atoms with van der Waals surface area (Å²) in [4.78, 5) is 16.9. The maximum Gasteiger partial charge on any atom is 0.236 e. The van der Waals surface area contributed by atoms with E-state index in [9.17, 15) is 4.79 Å². The normalized spacial score (nSPS) is 11.0. The van der Waals surface area contributed by atoms with Crippen molar-refractivity contribution in [1.82, 2.24) is 15.2 Å². The monoisotopic (exact) mass is 372 g/mol. The van der Waals surface area contributed by atoms with Crippen LogP contribution < -0.4 is 5.32 Å². The van der Waals surface area contributed by atoms with Crippen LogP contribution in [0.25, 0.3) is 10.9 Å². The Morgan fingerprint density at radius 1 is 1.20 bits per heavy atom. The fourth-order valence-electron chi connectivity index (χ4n) is 2.42. The first-order valence-corrected chi connectivity index (χ1v) is 10.0. The van der Waals surface area contributed by atoms with E-state index in [1.54, 1.807) is 0 Å². The summed E-state index contributed by atoms with van der Waals surface area (Å²) in [5, 5.41) is 14.3. The van der Waals surface area contributed by atoms with Crippen molar-refractivity contribution in [2.75, 3.05) is 11.1 Å². The lowest BCUT2D eigenvalue weighted by Crippen LogP contribution is -2.14. The zero-order chi connectivity index (χ0) is 17.8. The van der Waals surface area contributed by atoms with E-state index < -0.39 is 0 Å². The van der Waals surface area contributed by atoms with Crippen LogP contribution in [0.5, 0.6) is 0 Å². The number of amides is 1. The molecule has 130 valence electrons. The predicted molar refractivity (Wildman–Crippen MR) is 104 cm³/mol. The fraction of sp³-hybridized carbons (Fsp3) is 0.333. The highest BCUT2D eigenvalue weighted by Gasteiger charge is 2.11. The number of hydrogen-bond donors (Lipinski definition) is 1. The summed E-state index contributed by atoms with van der Waals surface area (Å²) in [6.45, 7) is 6.18. The summed E-state index contributed by atoms with van der Waals surface area (Å²) in [6, 6.07) is 8.43. The van der Waals surface area contributed by atoms with E-state index in [1.165, 1.54) is 34.2 Å². The second kappa shape index (κ2) is 7.93. The molecule has 0 saturated heterocycles. The maximum atomic E-state index is 12.2. The van der Waals surface area contributed by atoms with Crippen LogP contribution in [0.3, 0.4) is 0 Å². The molecule has 0 aliphatic rings. The number of pyridine rings is 1. The second-order valence-electron chi connectivity index (χ2n) is 5.69. The Hall–Kier alpha value is -1.99. The molecule has 2 aromatic heterocycles. The van der Waals surface area contributed by atoms with Crippen molar-refractivity contribution in [2.45, 2.75) is 38.6 Å². The molecule has 0 fully saturated rings. The standard InChI is InChI=1S/C18H20N4OS2/c1-4-12-9-13-7-6-11(3)8-14(13)19-17(12)24-10-15(23)20-18-22-21-16(5-2)25-18/h6-9H,4-5,10H2,1-3H3,(H,20,22,23). The topological polar surface area (TPSA) is 67.8 Å². The lowest BCUT2D eigenvalue weighted by atomic mass is 10.1. The number of hydrogen-bond acceptors (Lipinski definition) is 6. The van der Waals surface area contributed by atoms with E-state index in [-0.39, 0.29) is 5.91 Å². The first-order valence-electron chi connectivity index (χ1n) is 8.24. The summed E-state index contributed by atoms with van der Waals surface area (Å²) in [6.07, 6.45) is 1.71. The Balaban J connectivity index is 1.71. The lowest BCUT2D eigenvalue weighted by molar-refractivity contribution is -0.113. The van der Waals surface area contributed by atoms with Gasteiger partial charge in [0.05, 0.1) is 11.3 Å². The molecule has 0 atom stereocenters. The van der Waals surface area contributed by atoms with Gasteiger partial charge in [-0.2, -0.15) is 0 Å². The zero-order valence-electron chi connectivity index (χ0n) is 14.5. The maximum absolute atomic E-state index is 12.2. The third-order valence-electron chi connectivity index (χ3n) is 3.75. The molecule has 2 heterocycles. The van der Waals surface area contributed by atoms with Crippen LogP contribution >= 0.6 is 23.1 Å². The smallest absolute Gasteiger partial charge is 0.236 e. The number of aromatic nitrogens is 3. The van der Waals surface area contributed by atoms with Crippen LogP contribution in [0.2, 0.25) is 0 Å². The van der Waals surface area contributed by atoms with Gasteiger partial charge in [0, 0.05) is 5.39 Å². The van der Waals surface area contributed by atoms with Gasteiger partial charge in [0.15, 0.2) is 0 Å². The second-order valence-corrected chi connectivity index (χ2v) is 7.72. The highest BCUT2D eigenvalue weighted by Crippen LogP contribution is 2.26. The van der Waals surface area contributed by atoms with Gasteiger partial charge in [-0.05, 0) is 43.0 Å². The van der Waals surface area contributed by atoms with Gasteiger partial charge in [-0.3, -0.25) is 10.1 Å². The highest BCUT2D eigenvalue weighted by atomic mass is 32.2. The number of carbonyl (C=O) groups is 1. The van der Waals surface area contributed by atoms with Crippen LogP contribution in [0.4, 0.5) is 5.13 Å². The molecule has 0 bridgehead atoms. The van der Waals surface area contributed by atoms with Crippen LogP contribution in [0, 0.1) is 6.92 Å². The molecular weight excluding hydrogens is 352 g/mol. The van der Waals surface area contributed by atoms with Crippen LogP contribution in [0.15, 0.2) is 29.3 Å². The first kappa shape index (κ1) is 17.8. The fourth-order valence-corrected chi connectivity index (χ4v) is 4.00. The van der Waals surface area contributed by atoms with Crippen molar-refractivity contribution < 1.29 is 4.79 Å². The third kappa shape index (κ3) is 4.35. The predicted octanol–water partition coefficient (Wildman–Crippen LogP) is 4.25. The number of thioether (sulfide) groups is 1. The summed E-state index contributed by atoms with van der Waals surface area (Å²) in [5.41, 5.74) is 3.32. The number of nitrogens with zero attached hydrogens (tertiary/aromatic N) is 3. The molecule has 1 N–H and O–H groups in total. The molecule has 0 unspecified atom stereocenters. The van der Waals surface area contributed by atoms with Crippen molar-refractivity contribution in [3.8, 4) is 0 Å². The van der Waals surface area contributed by atoms with Gasteiger partial charge in [0.1, 0.15) is 10.0 Å². The van der Waals surface area contributed by atoms with E-state index in [4.69, 9.17) is 4.98 Å². The Morgan fingerprint density at radius 2 is 2.04 bits per heavy atom. The summed E-state index contributed by atoms with van der Waals surface area (Å²) in [5.74, 6) is 0.218. The van der Waals surface area contributed by atoms with Gasteiger partial charge >= 0.3 is 0 Å². The Bertz CT molecular complexity index is 907. The van der Waals surface area contributed by atoms with E-state index in [2.05, 4.69) is 53.6 Å².